The van der Waals surface area contributed by atoms with E-state index in [-0.39, 0.29) is 5.69 Å². The quantitative estimate of drug-likeness (QED) is 0.463. The molecule has 5 rings (SSSR count). The zero-order valence-corrected chi connectivity index (χ0v) is 13.9. The molecule has 0 aliphatic heterocycles. The molecule has 1 N–H and O–H groups in total. The first-order valence-electron chi connectivity index (χ1n) is 8.23. The number of hydrogen-bond acceptors (Lipinski definition) is 4. The van der Waals surface area contributed by atoms with Crippen molar-refractivity contribution in [2.45, 2.75) is 0 Å². The minimum absolute atomic E-state index is 0.250. The number of aromatic nitrogens is 2. The molecule has 5 heteroatoms. The number of fused-ring (bicyclic) bond motifs is 4. The average molecular weight is 342 g/mol. The summed E-state index contributed by atoms with van der Waals surface area (Å²) in [4.78, 5) is 20.1. The van der Waals surface area contributed by atoms with Crippen LogP contribution in [0.15, 0.2) is 65.1 Å². The molecule has 5 aromatic rings. The van der Waals surface area contributed by atoms with E-state index in [0.717, 1.165) is 32.8 Å². The van der Waals surface area contributed by atoms with Crippen LogP contribution >= 0.6 is 0 Å². The number of furan rings is 1. The first-order chi connectivity index (χ1) is 12.7. The molecule has 3 heterocycles. The molecule has 0 bridgehead atoms. The smallest absolute Gasteiger partial charge is 0.356 e. The Morgan fingerprint density at radius 1 is 1.04 bits per heavy atom. The maximum Gasteiger partial charge on any atom is 0.356 e. The van der Waals surface area contributed by atoms with Crippen molar-refractivity contribution < 1.29 is 13.9 Å². The zero-order chi connectivity index (χ0) is 17.7. The molecular weight excluding hydrogens is 328 g/mol. The van der Waals surface area contributed by atoms with E-state index in [0.29, 0.717) is 11.5 Å². The fourth-order valence-electron chi connectivity index (χ4n) is 3.33. The molecule has 0 fully saturated rings. The van der Waals surface area contributed by atoms with Crippen LogP contribution in [0.4, 0.5) is 0 Å². The van der Waals surface area contributed by atoms with Gasteiger partial charge in [-0.05, 0) is 24.3 Å². The number of rotatable bonds is 2. The molecule has 0 radical (unpaired) electrons. The van der Waals surface area contributed by atoms with Gasteiger partial charge in [-0.15, -0.1) is 0 Å². The molecule has 5 nitrogen and oxygen atoms in total. The second-order valence-corrected chi connectivity index (χ2v) is 6.09. The van der Waals surface area contributed by atoms with Crippen molar-refractivity contribution >= 4 is 38.7 Å². The number of nitrogens with zero attached hydrogens (tertiary/aromatic N) is 1. The monoisotopic (exact) mass is 342 g/mol. The van der Waals surface area contributed by atoms with Gasteiger partial charge in [-0.1, -0.05) is 36.4 Å². The molecule has 0 saturated carbocycles. The minimum atomic E-state index is -0.477. The summed E-state index contributed by atoms with van der Waals surface area (Å²) in [7, 11) is 1.35. The molecule has 0 atom stereocenters. The molecule has 26 heavy (non-hydrogen) atoms. The second-order valence-electron chi connectivity index (χ2n) is 6.09. The van der Waals surface area contributed by atoms with Gasteiger partial charge in [0.1, 0.15) is 17.0 Å². The highest BCUT2D eigenvalue weighted by Gasteiger charge is 2.19. The van der Waals surface area contributed by atoms with Crippen LogP contribution < -0.4 is 0 Å². The number of methoxy groups -OCH3 is 1. The predicted octanol–water partition coefficient (Wildman–Crippen LogP) is 4.92. The Morgan fingerprint density at radius 2 is 1.85 bits per heavy atom. The SMILES string of the molecule is COC(=O)c1cc2c([nH]c3ccccc32)c(-c2cc3ccccc3o2)n1. The third-order valence-electron chi connectivity index (χ3n) is 4.55. The van der Waals surface area contributed by atoms with Gasteiger partial charge in [0.05, 0.1) is 12.6 Å². The van der Waals surface area contributed by atoms with Crippen molar-refractivity contribution in [3.05, 3.63) is 66.4 Å². The van der Waals surface area contributed by atoms with Crippen molar-refractivity contribution in [1.29, 1.82) is 0 Å². The molecule has 0 spiro atoms. The lowest BCUT2D eigenvalue weighted by molar-refractivity contribution is 0.0594. The number of esters is 1. The number of hydrogen-bond donors (Lipinski definition) is 1. The molecule has 0 unspecified atom stereocenters. The summed E-state index contributed by atoms with van der Waals surface area (Å²) in [5.74, 6) is 0.128. The highest BCUT2D eigenvalue weighted by atomic mass is 16.5. The van der Waals surface area contributed by atoms with Crippen molar-refractivity contribution in [3.63, 3.8) is 0 Å². The van der Waals surface area contributed by atoms with E-state index in [2.05, 4.69) is 9.97 Å². The molecule has 2 aromatic carbocycles. The third-order valence-corrected chi connectivity index (χ3v) is 4.55. The van der Waals surface area contributed by atoms with E-state index in [1.54, 1.807) is 6.07 Å². The molecule has 3 aromatic heterocycles. The van der Waals surface area contributed by atoms with E-state index in [1.165, 1.54) is 7.11 Å². The van der Waals surface area contributed by atoms with Gasteiger partial charge in [-0.25, -0.2) is 9.78 Å². The van der Waals surface area contributed by atoms with Gasteiger partial charge < -0.3 is 14.1 Å². The fourth-order valence-corrected chi connectivity index (χ4v) is 3.33. The van der Waals surface area contributed by atoms with Gasteiger partial charge in [0, 0.05) is 21.7 Å². The summed E-state index contributed by atoms with van der Waals surface area (Å²) in [6.45, 7) is 0. The summed E-state index contributed by atoms with van der Waals surface area (Å²) >= 11 is 0. The Kier molecular flexibility index (Phi) is 3.09. The minimum Gasteiger partial charge on any atom is -0.464 e. The van der Waals surface area contributed by atoms with Crippen molar-refractivity contribution in [2.24, 2.45) is 0 Å². The van der Waals surface area contributed by atoms with E-state index < -0.39 is 5.97 Å². The highest BCUT2D eigenvalue weighted by Crippen LogP contribution is 2.35. The zero-order valence-electron chi connectivity index (χ0n) is 13.9. The molecule has 0 saturated heterocycles. The van der Waals surface area contributed by atoms with Crippen LogP contribution in [0.5, 0.6) is 0 Å². The summed E-state index contributed by atoms with van der Waals surface area (Å²) in [6.07, 6.45) is 0. The van der Waals surface area contributed by atoms with Gasteiger partial charge in [-0.3, -0.25) is 0 Å². The lowest BCUT2D eigenvalue weighted by Gasteiger charge is -2.04. The molecule has 0 amide bonds. The maximum absolute atomic E-state index is 12.1. The normalized spacial score (nSPS) is 11.4. The van der Waals surface area contributed by atoms with Gasteiger partial charge in [-0.2, -0.15) is 0 Å². The Bertz CT molecular complexity index is 1260. The van der Waals surface area contributed by atoms with Gasteiger partial charge >= 0.3 is 5.97 Å². The molecular formula is C21H14N2O3. The molecule has 0 aliphatic carbocycles. The van der Waals surface area contributed by atoms with Gasteiger partial charge in [0.2, 0.25) is 0 Å². The largest absolute Gasteiger partial charge is 0.464 e. The summed E-state index contributed by atoms with van der Waals surface area (Å²) in [5.41, 5.74) is 3.43. The highest BCUT2D eigenvalue weighted by molar-refractivity contribution is 6.12. The van der Waals surface area contributed by atoms with Crippen LogP contribution in [0.3, 0.4) is 0 Å². The topological polar surface area (TPSA) is 68.1 Å². The van der Waals surface area contributed by atoms with Crippen molar-refractivity contribution in [2.75, 3.05) is 7.11 Å². The number of ether oxygens (including phenoxy) is 1. The Labute approximate surface area is 148 Å². The number of carbonyl (C=O) groups is 1. The van der Waals surface area contributed by atoms with Crippen LogP contribution in [0.25, 0.3) is 44.2 Å². The van der Waals surface area contributed by atoms with Gasteiger partial charge in [0.15, 0.2) is 5.76 Å². The van der Waals surface area contributed by atoms with E-state index in [1.807, 2.05) is 54.6 Å². The van der Waals surface area contributed by atoms with Gasteiger partial charge in [0.25, 0.3) is 0 Å². The van der Waals surface area contributed by atoms with Crippen molar-refractivity contribution in [3.8, 4) is 11.5 Å². The molecule has 126 valence electrons. The standard InChI is InChI=1S/C21H14N2O3/c1-25-21(24)16-11-14-13-7-3-4-8-15(13)22-19(14)20(23-16)18-10-12-6-2-5-9-17(12)26-18/h2-11,22H,1H3. The number of pyridine rings is 1. The number of nitrogens with one attached hydrogen (secondary N) is 1. The summed E-state index contributed by atoms with van der Waals surface area (Å²) in [5, 5.41) is 2.91. The van der Waals surface area contributed by atoms with E-state index >= 15 is 0 Å². The third kappa shape index (κ3) is 2.10. The first kappa shape index (κ1) is 14.7. The lowest BCUT2D eigenvalue weighted by Crippen LogP contribution is -2.05. The molecule has 0 aliphatic rings. The number of aromatic amines is 1. The second kappa shape index (κ2) is 5.46. The van der Waals surface area contributed by atoms with Crippen LogP contribution in [-0.2, 0) is 4.74 Å². The van der Waals surface area contributed by atoms with Crippen LogP contribution in [-0.4, -0.2) is 23.0 Å². The summed E-state index contributed by atoms with van der Waals surface area (Å²) < 4.78 is 10.9. The van der Waals surface area contributed by atoms with Crippen LogP contribution in [0.2, 0.25) is 0 Å². The van der Waals surface area contributed by atoms with E-state index in [4.69, 9.17) is 9.15 Å². The number of carbonyl (C=O) groups excluding carboxylic acids is 1. The lowest BCUT2D eigenvalue weighted by atomic mass is 10.1. The van der Waals surface area contributed by atoms with Crippen molar-refractivity contribution in [1.82, 2.24) is 9.97 Å². The summed E-state index contributed by atoms with van der Waals surface area (Å²) in [6, 6.07) is 19.4. The average Bonchev–Trinajstić information content (AvgIpc) is 3.27. The number of H-pyrrole nitrogens is 1. The number of benzene rings is 2. The van der Waals surface area contributed by atoms with Crippen LogP contribution in [0, 0.1) is 0 Å². The Hall–Kier alpha value is -3.60. The Balaban J connectivity index is 1.88. The fraction of sp³-hybridized carbons (Fsp3) is 0.0476. The maximum atomic E-state index is 12.1. The Morgan fingerprint density at radius 3 is 2.69 bits per heavy atom. The van der Waals surface area contributed by atoms with E-state index in [9.17, 15) is 4.79 Å². The van der Waals surface area contributed by atoms with Crippen LogP contribution in [0.1, 0.15) is 10.5 Å². The number of para-hydroxylation sites is 2. The first-order valence-corrected chi connectivity index (χ1v) is 8.23. The predicted molar refractivity (Wildman–Crippen MR) is 100 cm³/mol.